The van der Waals surface area contributed by atoms with Crippen LogP contribution in [0, 0.1) is 11.3 Å². The van der Waals surface area contributed by atoms with Crippen molar-refractivity contribution in [2.75, 3.05) is 6.54 Å². The van der Waals surface area contributed by atoms with Gasteiger partial charge >= 0.3 is 0 Å². The van der Waals surface area contributed by atoms with Crippen molar-refractivity contribution in [3.8, 4) is 17.5 Å². The maximum atomic E-state index is 11.9. The second-order valence-corrected chi connectivity index (χ2v) is 6.74. The summed E-state index contributed by atoms with van der Waals surface area (Å²) in [5.41, 5.74) is 1.43. The Morgan fingerprint density at radius 1 is 1.16 bits per heavy atom. The van der Waals surface area contributed by atoms with Gasteiger partial charge in [-0.1, -0.05) is 6.07 Å². The lowest BCUT2D eigenvalue weighted by Gasteiger charge is -2.03. The number of benzene rings is 1. The summed E-state index contributed by atoms with van der Waals surface area (Å²) in [4.78, 5) is 5.67. The first-order valence-corrected chi connectivity index (χ1v) is 8.71. The largest absolute Gasteiger partial charge is 0.259 e. The van der Waals surface area contributed by atoms with E-state index in [1.165, 1.54) is 16.9 Å². The van der Waals surface area contributed by atoms with Crippen LogP contribution >= 0.6 is 0 Å². The number of nitriles is 1. The zero-order valence-corrected chi connectivity index (χ0v) is 13.8. The summed E-state index contributed by atoms with van der Waals surface area (Å²) in [5.74, 6) is 0.380. The summed E-state index contributed by atoms with van der Waals surface area (Å²) in [5, 5.41) is 20.7. The summed E-state index contributed by atoms with van der Waals surface area (Å²) in [6.45, 7) is 0.103. The number of tetrazole rings is 1. The molecule has 1 aromatic carbocycles. The fraction of sp³-hybridized carbons (Fsp3) is 0.133. The van der Waals surface area contributed by atoms with Gasteiger partial charge in [-0.05, 0) is 41.6 Å². The van der Waals surface area contributed by atoms with Gasteiger partial charge in [-0.2, -0.15) is 14.8 Å². The molecule has 0 bridgehead atoms. The average Bonchev–Trinajstić information content (AvgIpc) is 3.09. The van der Waals surface area contributed by atoms with Gasteiger partial charge in [-0.25, -0.2) is 8.42 Å². The third-order valence-electron chi connectivity index (χ3n) is 3.25. The minimum atomic E-state index is -3.70. The highest BCUT2D eigenvalue weighted by molar-refractivity contribution is 7.89. The maximum Gasteiger partial charge on any atom is 0.241 e. The van der Waals surface area contributed by atoms with E-state index in [1.54, 1.807) is 24.4 Å². The van der Waals surface area contributed by atoms with Crippen molar-refractivity contribution in [2.45, 2.75) is 11.4 Å². The van der Waals surface area contributed by atoms with Crippen LogP contribution in [0.1, 0.15) is 5.69 Å². The van der Waals surface area contributed by atoms with Crippen LogP contribution in [-0.4, -0.2) is 40.2 Å². The number of sulfonamides is 1. The number of pyridine rings is 1. The third-order valence-corrected chi connectivity index (χ3v) is 4.66. The predicted molar refractivity (Wildman–Crippen MR) is 87.4 cm³/mol. The molecule has 0 saturated heterocycles. The molecule has 0 amide bonds. The molecule has 2 aromatic heterocycles. The summed E-state index contributed by atoms with van der Waals surface area (Å²) in [6, 6.07) is 13.3. The van der Waals surface area contributed by atoms with Gasteiger partial charge < -0.3 is 0 Å². The molecule has 0 aliphatic heterocycles. The normalized spacial score (nSPS) is 11.2. The van der Waals surface area contributed by atoms with Crippen molar-refractivity contribution in [1.29, 1.82) is 5.26 Å². The van der Waals surface area contributed by atoms with Crippen LogP contribution in [0.25, 0.3) is 11.4 Å². The van der Waals surface area contributed by atoms with Gasteiger partial charge in [0.05, 0.1) is 23.2 Å². The van der Waals surface area contributed by atoms with E-state index in [2.05, 4.69) is 25.1 Å². The monoisotopic (exact) mass is 355 g/mol. The quantitative estimate of drug-likeness (QED) is 0.641. The zero-order chi connectivity index (χ0) is 17.7. The molecule has 2 heterocycles. The van der Waals surface area contributed by atoms with Gasteiger partial charge in [0.15, 0.2) is 0 Å². The lowest BCUT2D eigenvalue weighted by Crippen LogP contribution is -2.23. The molecule has 0 spiro atoms. The molecular weight excluding hydrogens is 342 g/mol. The van der Waals surface area contributed by atoms with Crippen molar-refractivity contribution >= 4 is 10.0 Å². The Morgan fingerprint density at radius 3 is 2.64 bits per heavy atom. The van der Waals surface area contributed by atoms with Gasteiger partial charge in [0.25, 0.3) is 0 Å². The lowest BCUT2D eigenvalue weighted by atomic mass is 10.2. The predicted octanol–water partition coefficient (Wildman–Crippen LogP) is 0.585. The highest BCUT2D eigenvalue weighted by Crippen LogP contribution is 2.17. The Hall–Kier alpha value is -3.16. The highest BCUT2D eigenvalue weighted by atomic mass is 32.2. The molecule has 0 saturated carbocycles. The zero-order valence-electron chi connectivity index (χ0n) is 12.9. The molecule has 3 rings (SSSR count). The highest BCUT2D eigenvalue weighted by Gasteiger charge is 2.14. The van der Waals surface area contributed by atoms with E-state index in [0.29, 0.717) is 17.9 Å². The molecule has 0 unspecified atom stereocenters. The number of nitrogens with zero attached hydrogens (tertiary/aromatic N) is 6. The van der Waals surface area contributed by atoms with Crippen molar-refractivity contribution in [3.05, 3.63) is 54.4 Å². The standard InChI is InChI=1S/C15H13N7O2S/c16-8-10-18-25(23,24)14-6-4-12(5-7-14)15-19-21-22(20-15)11-13-3-1-2-9-17-13/h1-7,9,18H,10-11H2. The van der Waals surface area contributed by atoms with Gasteiger partial charge in [0.2, 0.25) is 15.8 Å². The molecule has 25 heavy (non-hydrogen) atoms. The lowest BCUT2D eigenvalue weighted by molar-refractivity contribution is 0.564. The Balaban J connectivity index is 1.76. The molecule has 10 heteroatoms. The third kappa shape index (κ3) is 4.03. The summed E-state index contributed by atoms with van der Waals surface area (Å²) in [7, 11) is -3.70. The topological polar surface area (TPSA) is 126 Å². The van der Waals surface area contributed by atoms with E-state index in [9.17, 15) is 8.42 Å². The number of aromatic nitrogens is 5. The second kappa shape index (κ2) is 7.16. The Morgan fingerprint density at radius 2 is 1.96 bits per heavy atom. The summed E-state index contributed by atoms with van der Waals surface area (Å²) in [6.07, 6.45) is 1.69. The van der Waals surface area contributed by atoms with Crippen LogP contribution in [0.15, 0.2) is 53.6 Å². The van der Waals surface area contributed by atoms with E-state index in [0.717, 1.165) is 5.69 Å². The number of nitrogens with one attached hydrogen (secondary N) is 1. The fourth-order valence-electron chi connectivity index (χ4n) is 2.06. The van der Waals surface area contributed by atoms with Crippen molar-refractivity contribution in [3.63, 3.8) is 0 Å². The Labute approximate surface area is 144 Å². The van der Waals surface area contributed by atoms with Crippen molar-refractivity contribution < 1.29 is 8.42 Å². The smallest absolute Gasteiger partial charge is 0.241 e. The van der Waals surface area contributed by atoms with E-state index < -0.39 is 10.0 Å². The van der Waals surface area contributed by atoms with Crippen molar-refractivity contribution in [1.82, 2.24) is 29.9 Å². The van der Waals surface area contributed by atoms with E-state index >= 15 is 0 Å². The number of hydrogen-bond donors (Lipinski definition) is 1. The van der Waals surface area contributed by atoms with E-state index in [1.807, 2.05) is 18.2 Å². The van der Waals surface area contributed by atoms with E-state index in [4.69, 9.17) is 5.26 Å². The molecule has 0 atom stereocenters. The van der Waals surface area contributed by atoms with Crippen LogP contribution in [0.2, 0.25) is 0 Å². The average molecular weight is 355 g/mol. The Bertz CT molecular complexity index is 992. The van der Waals surface area contributed by atoms with Gasteiger partial charge in [-0.3, -0.25) is 4.98 Å². The van der Waals surface area contributed by atoms with Crippen molar-refractivity contribution in [2.24, 2.45) is 0 Å². The van der Waals surface area contributed by atoms with Gasteiger partial charge in [-0.15, -0.1) is 10.2 Å². The summed E-state index contributed by atoms with van der Waals surface area (Å²) >= 11 is 0. The van der Waals surface area contributed by atoms with Crippen LogP contribution in [0.5, 0.6) is 0 Å². The molecule has 9 nitrogen and oxygen atoms in total. The molecular formula is C15H13N7O2S. The van der Waals surface area contributed by atoms with Gasteiger partial charge in [0, 0.05) is 11.8 Å². The second-order valence-electron chi connectivity index (χ2n) is 4.97. The minimum Gasteiger partial charge on any atom is -0.259 e. The molecule has 1 N–H and O–H groups in total. The number of hydrogen-bond acceptors (Lipinski definition) is 7. The SMILES string of the molecule is N#CCNS(=O)(=O)c1ccc(-c2nnn(Cc3ccccn3)n2)cc1. The first-order valence-electron chi connectivity index (χ1n) is 7.23. The van der Waals surface area contributed by atoms with Crippen LogP contribution in [-0.2, 0) is 16.6 Å². The fourth-order valence-corrected chi connectivity index (χ4v) is 2.97. The molecule has 126 valence electrons. The first-order chi connectivity index (χ1) is 12.1. The minimum absolute atomic E-state index is 0.0624. The molecule has 0 aliphatic carbocycles. The van der Waals surface area contributed by atoms with Crippen LogP contribution in [0.4, 0.5) is 0 Å². The number of rotatable bonds is 6. The van der Waals surface area contributed by atoms with Crippen LogP contribution < -0.4 is 4.72 Å². The van der Waals surface area contributed by atoms with Gasteiger partial charge in [0.1, 0.15) is 6.54 Å². The first kappa shape index (κ1) is 16.7. The molecule has 0 aliphatic rings. The van der Waals surface area contributed by atoms with E-state index in [-0.39, 0.29) is 11.4 Å². The van der Waals surface area contributed by atoms with Crippen LogP contribution in [0.3, 0.4) is 0 Å². The molecule has 3 aromatic rings. The Kier molecular flexibility index (Phi) is 4.78. The molecule has 0 radical (unpaired) electrons. The molecule has 0 fully saturated rings. The summed E-state index contributed by atoms with van der Waals surface area (Å²) < 4.78 is 26.0. The maximum absolute atomic E-state index is 11.9.